The molecule has 1 aromatic carbocycles. The van der Waals surface area contributed by atoms with Crippen LogP contribution in [-0.4, -0.2) is 18.0 Å². The van der Waals surface area contributed by atoms with Crippen LogP contribution in [0.3, 0.4) is 0 Å². The van der Waals surface area contributed by atoms with Gasteiger partial charge in [0.2, 0.25) is 11.8 Å². The van der Waals surface area contributed by atoms with Crippen LogP contribution in [0.25, 0.3) is 0 Å². The van der Waals surface area contributed by atoms with Gasteiger partial charge in [-0.3, -0.25) is 4.79 Å². The molecular formula is C16H19N3O2. The summed E-state index contributed by atoms with van der Waals surface area (Å²) in [5.74, 6) is 0.533. The van der Waals surface area contributed by atoms with Crippen LogP contribution in [-0.2, 0) is 11.3 Å². The molecule has 21 heavy (non-hydrogen) atoms. The molecule has 0 aliphatic heterocycles. The van der Waals surface area contributed by atoms with Crippen LogP contribution in [0.5, 0.6) is 5.88 Å². The second kappa shape index (κ2) is 6.74. The summed E-state index contributed by atoms with van der Waals surface area (Å²) in [4.78, 5) is 15.4. The molecule has 2 rings (SSSR count). The number of rotatable bonds is 5. The molecule has 0 radical (unpaired) electrons. The molecule has 5 heteroatoms. The van der Waals surface area contributed by atoms with Gasteiger partial charge >= 0.3 is 0 Å². The predicted octanol–water partition coefficient (Wildman–Crippen LogP) is 2.97. The van der Waals surface area contributed by atoms with Crippen LogP contribution in [0.15, 0.2) is 36.4 Å². The summed E-state index contributed by atoms with van der Waals surface area (Å²) in [6.45, 7) is 4.07. The lowest BCUT2D eigenvalue weighted by molar-refractivity contribution is -0.114. The molecule has 110 valence electrons. The maximum absolute atomic E-state index is 11.1. The third kappa shape index (κ3) is 4.21. The standard InChI is InChI=1S/C16H19N3O2/c1-11-9-13(7-8-15(11)18-12(2)20)17-10-14-5-4-6-16(19-14)21-3/h4-9,17H,10H2,1-3H3,(H,18,20). The Bertz CT molecular complexity index is 641. The molecule has 1 amide bonds. The number of ether oxygens (including phenoxy) is 1. The highest BCUT2D eigenvalue weighted by molar-refractivity contribution is 5.89. The summed E-state index contributed by atoms with van der Waals surface area (Å²) in [5.41, 5.74) is 3.71. The molecule has 5 nitrogen and oxygen atoms in total. The largest absolute Gasteiger partial charge is 0.481 e. The van der Waals surface area contributed by atoms with E-state index in [-0.39, 0.29) is 5.91 Å². The second-order valence-corrected chi connectivity index (χ2v) is 4.74. The molecule has 1 aromatic heterocycles. The van der Waals surface area contributed by atoms with E-state index in [1.807, 2.05) is 43.3 Å². The number of carbonyl (C=O) groups excluding carboxylic acids is 1. The fraction of sp³-hybridized carbons (Fsp3) is 0.250. The lowest BCUT2D eigenvalue weighted by Crippen LogP contribution is -2.08. The molecule has 0 saturated heterocycles. The molecule has 0 spiro atoms. The van der Waals surface area contributed by atoms with Crippen LogP contribution >= 0.6 is 0 Å². The number of amides is 1. The average molecular weight is 285 g/mol. The Kier molecular flexibility index (Phi) is 4.77. The van der Waals surface area contributed by atoms with Gasteiger partial charge in [-0.2, -0.15) is 0 Å². The van der Waals surface area contributed by atoms with Crippen molar-refractivity contribution < 1.29 is 9.53 Å². The first-order valence-corrected chi connectivity index (χ1v) is 6.70. The smallest absolute Gasteiger partial charge is 0.221 e. The maximum atomic E-state index is 11.1. The SMILES string of the molecule is COc1cccc(CNc2ccc(NC(C)=O)c(C)c2)n1. The van der Waals surface area contributed by atoms with E-state index in [4.69, 9.17) is 4.74 Å². The van der Waals surface area contributed by atoms with Gasteiger partial charge in [-0.05, 0) is 36.8 Å². The van der Waals surface area contributed by atoms with Gasteiger partial charge < -0.3 is 15.4 Å². The maximum Gasteiger partial charge on any atom is 0.221 e. The number of hydrogen-bond donors (Lipinski definition) is 2. The lowest BCUT2D eigenvalue weighted by Gasteiger charge is -2.11. The van der Waals surface area contributed by atoms with Crippen molar-refractivity contribution in [1.82, 2.24) is 4.98 Å². The van der Waals surface area contributed by atoms with Crippen LogP contribution in [0.1, 0.15) is 18.2 Å². The van der Waals surface area contributed by atoms with Crippen LogP contribution < -0.4 is 15.4 Å². The quantitative estimate of drug-likeness (QED) is 0.886. The molecule has 2 aromatic rings. The number of benzene rings is 1. The fourth-order valence-corrected chi connectivity index (χ4v) is 1.97. The molecule has 0 unspecified atom stereocenters. The minimum atomic E-state index is -0.0700. The minimum absolute atomic E-state index is 0.0700. The predicted molar refractivity (Wildman–Crippen MR) is 83.6 cm³/mol. The monoisotopic (exact) mass is 285 g/mol. The average Bonchev–Trinajstić information content (AvgIpc) is 2.47. The van der Waals surface area contributed by atoms with Crippen molar-refractivity contribution >= 4 is 17.3 Å². The van der Waals surface area contributed by atoms with Gasteiger partial charge in [0.05, 0.1) is 19.3 Å². The van der Waals surface area contributed by atoms with Crippen molar-refractivity contribution in [3.05, 3.63) is 47.7 Å². The Hall–Kier alpha value is -2.56. The van der Waals surface area contributed by atoms with Crippen molar-refractivity contribution in [2.24, 2.45) is 0 Å². The Labute approximate surface area is 124 Å². The van der Waals surface area contributed by atoms with E-state index >= 15 is 0 Å². The van der Waals surface area contributed by atoms with Crippen LogP contribution in [0.4, 0.5) is 11.4 Å². The molecule has 0 atom stereocenters. The number of aryl methyl sites for hydroxylation is 1. The fourth-order valence-electron chi connectivity index (χ4n) is 1.97. The lowest BCUT2D eigenvalue weighted by atomic mass is 10.1. The van der Waals surface area contributed by atoms with Crippen LogP contribution in [0, 0.1) is 6.92 Å². The molecule has 0 aliphatic carbocycles. The number of carbonyl (C=O) groups is 1. The number of aromatic nitrogens is 1. The summed E-state index contributed by atoms with van der Waals surface area (Å²) in [7, 11) is 1.60. The van der Waals surface area contributed by atoms with E-state index < -0.39 is 0 Å². The van der Waals surface area contributed by atoms with E-state index in [1.165, 1.54) is 6.92 Å². The number of anilines is 2. The van der Waals surface area contributed by atoms with Gasteiger partial charge in [-0.15, -0.1) is 0 Å². The van der Waals surface area contributed by atoms with Gasteiger partial charge in [0.25, 0.3) is 0 Å². The van der Waals surface area contributed by atoms with Gasteiger partial charge in [0.1, 0.15) is 0 Å². The van der Waals surface area contributed by atoms with Crippen molar-refractivity contribution in [2.75, 3.05) is 17.7 Å². The minimum Gasteiger partial charge on any atom is -0.481 e. The van der Waals surface area contributed by atoms with Crippen molar-refractivity contribution in [3.8, 4) is 5.88 Å². The molecule has 0 fully saturated rings. The van der Waals surface area contributed by atoms with Gasteiger partial charge in [0, 0.05) is 24.4 Å². The van der Waals surface area contributed by atoms with Gasteiger partial charge in [0.15, 0.2) is 0 Å². The number of pyridine rings is 1. The Morgan fingerprint density at radius 1 is 1.29 bits per heavy atom. The zero-order chi connectivity index (χ0) is 15.2. The Balaban J connectivity index is 2.03. The summed E-state index contributed by atoms with van der Waals surface area (Å²) in [5, 5.41) is 6.10. The molecule has 2 N–H and O–H groups in total. The Morgan fingerprint density at radius 2 is 2.10 bits per heavy atom. The van der Waals surface area contributed by atoms with Crippen LogP contribution in [0.2, 0.25) is 0 Å². The van der Waals surface area contributed by atoms with E-state index in [0.29, 0.717) is 12.4 Å². The van der Waals surface area contributed by atoms with E-state index in [2.05, 4.69) is 15.6 Å². The van der Waals surface area contributed by atoms with E-state index in [9.17, 15) is 4.79 Å². The highest BCUT2D eigenvalue weighted by Gasteiger charge is 2.02. The van der Waals surface area contributed by atoms with E-state index in [1.54, 1.807) is 7.11 Å². The number of nitrogens with zero attached hydrogens (tertiary/aromatic N) is 1. The number of nitrogens with one attached hydrogen (secondary N) is 2. The molecule has 1 heterocycles. The second-order valence-electron chi connectivity index (χ2n) is 4.74. The zero-order valence-electron chi connectivity index (χ0n) is 12.4. The summed E-state index contributed by atoms with van der Waals surface area (Å²) >= 11 is 0. The number of hydrogen-bond acceptors (Lipinski definition) is 4. The van der Waals surface area contributed by atoms with Crippen molar-refractivity contribution in [2.45, 2.75) is 20.4 Å². The van der Waals surface area contributed by atoms with Gasteiger partial charge in [-0.25, -0.2) is 4.98 Å². The first-order chi connectivity index (χ1) is 10.1. The molecule has 0 aliphatic rings. The third-order valence-corrected chi connectivity index (χ3v) is 3.00. The zero-order valence-corrected chi connectivity index (χ0v) is 12.4. The highest BCUT2D eigenvalue weighted by Crippen LogP contribution is 2.20. The Morgan fingerprint density at radius 3 is 2.76 bits per heavy atom. The first-order valence-electron chi connectivity index (χ1n) is 6.70. The van der Waals surface area contributed by atoms with Crippen molar-refractivity contribution in [3.63, 3.8) is 0 Å². The topological polar surface area (TPSA) is 63.2 Å². The normalized spacial score (nSPS) is 10.0. The molecular weight excluding hydrogens is 266 g/mol. The molecule has 0 bridgehead atoms. The van der Waals surface area contributed by atoms with E-state index in [0.717, 1.165) is 22.6 Å². The summed E-state index contributed by atoms with van der Waals surface area (Å²) < 4.78 is 5.10. The number of methoxy groups -OCH3 is 1. The molecule has 0 saturated carbocycles. The van der Waals surface area contributed by atoms with Gasteiger partial charge in [-0.1, -0.05) is 6.07 Å². The third-order valence-electron chi connectivity index (χ3n) is 3.00. The summed E-state index contributed by atoms with van der Waals surface area (Å²) in [6.07, 6.45) is 0. The van der Waals surface area contributed by atoms with Crippen molar-refractivity contribution in [1.29, 1.82) is 0 Å². The first kappa shape index (κ1) is 14.8. The summed E-state index contributed by atoms with van der Waals surface area (Å²) in [6, 6.07) is 11.5. The highest BCUT2D eigenvalue weighted by atomic mass is 16.5.